The highest BCUT2D eigenvalue weighted by Crippen LogP contribution is 2.53. The fraction of sp³-hybridized carbons (Fsp3) is 0.250. The predicted molar refractivity (Wildman–Crippen MR) is 137 cm³/mol. The molecule has 1 N–H and O–H groups in total. The zero-order chi connectivity index (χ0) is 25.1. The summed E-state index contributed by atoms with van der Waals surface area (Å²) in [5.41, 5.74) is 3.39. The molecule has 0 radical (unpaired) electrons. The van der Waals surface area contributed by atoms with Crippen LogP contribution < -0.4 is 4.74 Å². The third-order valence-electron chi connectivity index (χ3n) is 6.28. The second-order valence-corrected chi connectivity index (χ2v) is 10.0. The summed E-state index contributed by atoms with van der Waals surface area (Å²) in [6, 6.07) is 19.6. The van der Waals surface area contributed by atoms with Crippen molar-refractivity contribution in [1.82, 2.24) is 0 Å². The highest BCUT2D eigenvalue weighted by molar-refractivity contribution is 9.10. The summed E-state index contributed by atoms with van der Waals surface area (Å²) in [6.45, 7) is 5.70. The number of aliphatic carboxylic acids is 1. The number of hydrogen-bond acceptors (Lipinski definition) is 3. The van der Waals surface area contributed by atoms with E-state index in [9.17, 15) is 14.3 Å². The monoisotopic (exact) mass is 558 g/mol. The van der Waals surface area contributed by atoms with Gasteiger partial charge in [0, 0.05) is 22.4 Å². The SMILES string of the molecule is C=C(C)[C@H]1C[C@H](c2ccc(Cl)cc2)[C@H](c2cccc(F)c2)O[C@@H]1c1cccc(Br)c1OCC(=O)O. The van der Waals surface area contributed by atoms with Crippen LogP contribution in [-0.2, 0) is 9.53 Å². The predicted octanol–water partition coefficient (Wildman–Crippen LogP) is 7.88. The summed E-state index contributed by atoms with van der Waals surface area (Å²) in [5.74, 6) is -1.18. The molecule has 0 unspecified atom stereocenters. The number of carbonyl (C=O) groups is 1. The molecule has 182 valence electrons. The van der Waals surface area contributed by atoms with Gasteiger partial charge in [0.25, 0.3) is 0 Å². The van der Waals surface area contributed by atoms with Crippen molar-refractivity contribution in [2.24, 2.45) is 5.92 Å². The van der Waals surface area contributed by atoms with Crippen LogP contribution in [0.25, 0.3) is 0 Å². The highest BCUT2D eigenvalue weighted by atomic mass is 79.9. The summed E-state index contributed by atoms with van der Waals surface area (Å²) < 4.78 is 27.3. The van der Waals surface area contributed by atoms with Gasteiger partial charge < -0.3 is 14.6 Å². The third kappa shape index (κ3) is 5.77. The number of para-hydroxylation sites is 1. The molecule has 0 bridgehead atoms. The van der Waals surface area contributed by atoms with Crippen LogP contribution in [0.2, 0.25) is 5.02 Å². The molecule has 7 heteroatoms. The van der Waals surface area contributed by atoms with Crippen molar-refractivity contribution in [2.45, 2.75) is 31.5 Å². The van der Waals surface area contributed by atoms with Gasteiger partial charge in [-0.05, 0) is 70.7 Å². The number of hydrogen-bond donors (Lipinski definition) is 1. The minimum atomic E-state index is -1.08. The quantitative estimate of drug-likeness (QED) is 0.299. The second kappa shape index (κ2) is 10.9. The van der Waals surface area contributed by atoms with Crippen molar-refractivity contribution in [3.63, 3.8) is 0 Å². The van der Waals surface area contributed by atoms with Gasteiger partial charge in [-0.15, -0.1) is 0 Å². The molecule has 1 heterocycles. The second-order valence-electron chi connectivity index (χ2n) is 8.72. The van der Waals surface area contributed by atoms with Gasteiger partial charge in [0.2, 0.25) is 0 Å². The largest absolute Gasteiger partial charge is 0.480 e. The van der Waals surface area contributed by atoms with Crippen LogP contribution in [0.15, 0.2) is 83.4 Å². The zero-order valence-corrected chi connectivity index (χ0v) is 21.4. The molecule has 0 amide bonds. The van der Waals surface area contributed by atoms with Gasteiger partial charge in [0.1, 0.15) is 11.6 Å². The Bertz CT molecular complexity index is 1230. The first-order valence-electron chi connectivity index (χ1n) is 11.2. The summed E-state index contributed by atoms with van der Waals surface area (Å²) >= 11 is 9.62. The molecule has 4 atom stereocenters. The molecule has 35 heavy (non-hydrogen) atoms. The lowest BCUT2D eigenvalue weighted by Crippen LogP contribution is -2.32. The van der Waals surface area contributed by atoms with Crippen molar-refractivity contribution in [2.75, 3.05) is 6.61 Å². The fourth-order valence-corrected chi connectivity index (χ4v) is 5.29. The van der Waals surface area contributed by atoms with Crippen LogP contribution in [0.1, 0.15) is 48.2 Å². The van der Waals surface area contributed by atoms with Gasteiger partial charge in [0.15, 0.2) is 6.61 Å². The van der Waals surface area contributed by atoms with Crippen molar-refractivity contribution in [1.29, 1.82) is 0 Å². The van der Waals surface area contributed by atoms with E-state index in [-0.39, 0.29) is 17.7 Å². The van der Waals surface area contributed by atoms with Crippen molar-refractivity contribution < 1.29 is 23.8 Å². The zero-order valence-electron chi connectivity index (χ0n) is 19.1. The summed E-state index contributed by atoms with van der Waals surface area (Å²) in [7, 11) is 0. The molecule has 4 nitrogen and oxygen atoms in total. The van der Waals surface area contributed by atoms with E-state index in [1.165, 1.54) is 12.1 Å². The van der Waals surface area contributed by atoms with Gasteiger partial charge in [-0.3, -0.25) is 0 Å². The molecule has 1 saturated heterocycles. The maximum Gasteiger partial charge on any atom is 0.341 e. The summed E-state index contributed by atoms with van der Waals surface area (Å²) in [5, 5.41) is 9.81. The van der Waals surface area contributed by atoms with E-state index in [4.69, 9.17) is 21.1 Å². The minimum Gasteiger partial charge on any atom is -0.480 e. The van der Waals surface area contributed by atoms with E-state index >= 15 is 0 Å². The van der Waals surface area contributed by atoms with Crippen molar-refractivity contribution >= 4 is 33.5 Å². The Morgan fingerprint density at radius 1 is 1.14 bits per heavy atom. The smallest absolute Gasteiger partial charge is 0.341 e. The molecule has 1 aliphatic rings. The Labute approximate surface area is 217 Å². The molecule has 0 spiro atoms. The average Bonchev–Trinajstić information content (AvgIpc) is 2.82. The molecule has 1 fully saturated rings. The number of ether oxygens (including phenoxy) is 2. The molecule has 0 saturated carbocycles. The van der Waals surface area contributed by atoms with Crippen LogP contribution in [-0.4, -0.2) is 17.7 Å². The average molecular weight is 560 g/mol. The number of carboxylic acids is 1. The minimum absolute atomic E-state index is 0.0810. The molecule has 3 aromatic carbocycles. The first kappa shape index (κ1) is 25.4. The van der Waals surface area contributed by atoms with Crippen LogP contribution >= 0.6 is 27.5 Å². The first-order valence-corrected chi connectivity index (χ1v) is 12.4. The van der Waals surface area contributed by atoms with Gasteiger partial charge in [-0.1, -0.05) is 60.2 Å². The highest BCUT2D eigenvalue weighted by Gasteiger charge is 2.42. The molecular formula is C28H25BrClFO4. The molecule has 3 aromatic rings. The lowest BCUT2D eigenvalue weighted by Gasteiger charge is -2.43. The lowest BCUT2D eigenvalue weighted by atomic mass is 9.74. The van der Waals surface area contributed by atoms with Crippen LogP contribution in [0.4, 0.5) is 4.39 Å². The van der Waals surface area contributed by atoms with E-state index < -0.39 is 24.8 Å². The van der Waals surface area contributed by atoms with E-state index in [1.807, 2.05) is 49.4 Å². The Morgan fingerprint density at radius 3 is 2.51 bits per heavy atom. The van der Waals surface area contributed by atoms with Crippen molar-refractivity contribution in [3.8, 4) is 5.75 Å². The molecule has 0 aliphatic carbocycles. The van der Waals surface area contributed by atoms with Gasteiger partial charge in [-0.25, -0.2) is 9.18 Å². The standard InChI is InChI=1S/C28H25BrClFO4/c1-16(2)22-14-23(17-9-11-19(30)12-10-17)26(18-5-3-6-20(31)13-18)35-27(22)21-7-4-8-24(29)28(21)34-15-25(32)33/h3-13,22-23,26-27H,1,14-15H2,2H3,(H,32,33)/t22-,23-,26+,27-/m1/s1. The first-order chi connectivity index (χ1) is 16.7. The molecule has 4 rings (SSSR count). The summed E-state index contributed by atoms with van der Waals surface area (Å²) in [6.07, 6.45) is -0.252. The molecule has 1 aliphatic heterocycles. The lowest BCUT2D eigenvalue weighted by molar-refractivity contribution is -0.139. The maximum absolute atomic E-state index is 14.3. The van der Waals surface area contributed by atoms with E-state index in [1.54, 1.807) is 12.1 Å². The van der Waals surface area contributed by atoms with Crippen LogP contribution in [0.3, 0.4) is 0 Å². The Morgan fingerprint density at radius 2 is 1.86 bits per heavy atom. The molecular weight excluding hydrogens is 535 g/mol. The van der Waals surface area contributed by atoms with Gasteiger partial charge in [-0.2, -0.15) is 0 Å². The van der Waals surface area contributed by atoms with Crippen LogP contribution in [0, 0.1) is 11.7 Å². The van der Waals surface area contributed by atoms with Crippen LogP contribution in [0.5, 0.6) is 5.75 Å². The topological polar surface area (TPSA) is 55.8 Å². The maximum atomic E-state index is 14.3. The van der Waals surface area contributed by atoms with E-state index in [0.717, 1.165) is 16.7 Å². The van der Waals surface area contributed by atoms with E-state index in [0.29, 0.717) is 27.2 Å². The van der Waals surface area contributed by atoms with E-state index in [2.05, 4.69) is 22.5 Å². The number of carboxylic acid groups (broad SMARTS) is 1. The Kier molecular flexibility index (Phi) is 7.95. The van der Waals surface area contributed by atoms with Gasteiger partial charge in [0.05, 0.1) is 16.7 Å². The normalized spacial score (nSPS) is 21.9. The Hall–Kier alpha value is -2.67. The summed E-state index contributed by atoms with van der Waals surface area (Å²) in [4.78, 5) is 11.2. The third-order valence-corrected chi connectivity index (χ3v) is 7.16. The number of rotatable bonds is 7. The Balaban J connectivity index is 1.81. The fourth-order valence-electron chi connectivity index (χ4n) is 4.67. The van der Waals surface area contributed by atoms with Crippen molar-refractivity contribution in [3.05, 3.63) is 111 Å². The van der Waals surface area contributed by atoms with Gasteiger partial charge >= 0.3 is 5.97 Å². The molecule has 0 aromatic heterocycles. The number of halogens is 3. The number of benzene rings is 3.